The van der Waals surface area contributed by atoms with Gasteiger partial charge in [0.2, 0.25) is 0 Å². The van der Waals surface area contributed by atoms with Crippen LogP contribution in [0.15, 0.2) is 11.1 Å². The molecule has 0 aliphatic rings. The third-order valence-electron chi connectivity index (χ3n) is 1.75. The van der Waals surface area contributed by atoms with E-state index in [1.165, 1.54) is 0 Å². The first kappa shape index (κ1) is 10.2. The summed E-state index contributed by atoms with van der Waals surface area (Å²) in [4.78, 5) is 10.6. The fourth-order valence-corrected chi connectivity index (χ4v) is 1.16. The highest BCUT2D eigenvalue weighted by Gasteiger charge is 2.07. The van der Waals surface area contributed by atoms with Crippen molar-refractivity contribution in [3.05, 3.63) is 11.1 Å². The largest absolute Gasteiger partial charge is 0.478 e. The van der Waals surface area contributed by atoms with Gasteiger partial charge in [0.15, 0.2) is 0 Å². The smallest absolute Gasteiger partial charge is 0.331 e. The van der Waals surface area contributed by atoms with E-state index < -0.39 is 5.97 Å². The zero-order valence-corrected chi connectivity index (χ0v) is 7.48. The van der Waals surface area contributed by atoms with Crippen molar-refractivity contribution in [1.29, 1.82) is 0 Å². The van der Waals surface area contributed by atoms with Gasteiger partial charge < -0.3 is 5.11 Å². The number of allylic oxidation sites excluding steroid dienone is 1. The minimum absolute atomic E-state index is 0.576. The van der Waals surface area contributed by atoms with Gasteiger partial charge in [-0.05, 0) is 19.8 Å². The van der Waals surface area contributed by atoms with Crippen molar-refractivity contribution in [1.82, 2.24) is 0 Å². The molecule has 0 rings (SSSR count). The highest BCUT2D eigenvalue weighted by Crippen LogP contribution is 2.13. The molecule has 0 saturated carbocycles. The third kappa shape index (κ3) is 3.21. The lowest BCUT2D eigenvalue weighted by molar-refractivity contribution is -0.132. The maximum absolute atomic E-state index is 10.6. The van der Waals surface area contributed by atoms with Crippen LogP contribution in [0.3, 0.4) is 0 Å². The van der Waals surface area contributed by atoms with E-state index in [4.69, 9.17) is 5.11 Å². The Kier molecular flexibility index (Phi) is 4.59. The van der Waals surface area contributed by atoms with E-state index in [9.17, 15) is 4.79 Å². The van der Waals surface area contributed by atoms with Crippen LogP contribution in [0.2, 0.25) is 0 Å². The number of hydrogen-bond donors (Lipinski definition) is 1. The van der Waals surface area contributed by atoms with E-state index in [0.29, 0.717) is 12.0 Å². The Balaban J connectivity index is 4.40. The van der Waals surface area contributed by atoms with Gasteiger partial charge in [0.25, 0.3) is 0 Å². The number of rotatable bonds is 4. The summed E-state index contributed by atoms with van der Waals surface area (Å²) in [5, 5.41) is 8.71. The van der Waals surface area contributed by atoms with Gasteiger partial charge in [-0.2, -0.15) is 0 Å². The fourth-order valence-electron chi connectivity index (χ4n) is 1.16. The second kappa shape index (κ2) is 4.94. The van der Waals surface area contributed by atoms with Crippen molar-refractivity contribution < 1.29 is 9.90 Å². The van der Waals surface area contributed by atoms with Gasteiger partial charge in [-0.25, -0.2) is 4.79 Å². The maximum Gasteiger partial charge on any atom is 0.331 e. The Bertz CT molecular complexity index is 168. The first-order valence-corrected chi connectivity index (χ1v) is 4.05. The van der Waals surface area contributed by atoms with Crippen molar-refractivity contribution in [2.45, 2.75) is 40.0 Å². The van der Waals surface area contributed by atoms with Crippen molar-refractivity contribution in [2.24, 2.45) is 0 Å². The summed E-state index contributed by atoms with van der Waals surface area (Å²) in [5.41, 5.74) is 1.59. The molecule has 0 aromatic rings. The summed E-state index contributed by atoms with van der Waals surface area (Å²) in [7, 11) is 0. The quantitative estimate of drug-likeness (QED) is 0.635. The fraction of sp³-hybridized carbons (Fsp3) is 0.667. The summed E-state index contributed by atoms with van der Waals surface area (Å²) < 4.78 is 0. The molecule has 0 aromatic heterocycles. The zero-order chi connectivity index (χ0) is 8.85. The van der Waals surface area contributed by atoms with Gasteiger partial charge in [-0.3, -0.25) is 0 Å². The van der Waals surface area contributed by atoms with Crippen LogP contribution in [0.1, 0.15) is 40.0 Å². The lowest BCUT2D eigenvalue weighted by atomic mass is 10.0. The van der Waals surface area contributed by atoms with E-state index in [-0.39, 0.29) is 0 Å². The summed E-state index contributed by atoms with van der Waals surface area (Å²) in [6.07, 6.45) is 2.54. The Morgan fingerprint density at radius 3 is 2.18 bits per heavy atom. The molecule has 0 saturated heterocycles. The number of carboxylic acids is 1. The number of hydrogen-bond acceptors (Lipinski definition) is 1. The van der Waals surface area contributed by atoms with Gasteiger partial charge in [-0.15, -0.1) is 0 Å². The van der Waals surface area contributed by atoms with Crippen molar-refractivity contribution in [3.8, 4) is 0 Å². The molecule has 64 valence electrons. The van der Waals surface area contributed by atoms with Crippen LogP contribution in [0.25, 0.3) is 0 Å². The molecule has 1 N–H and O–H groups in total. The van der Waals surface area contributed by atoms with Crippen molar-refractivity contribution in [2.75, 3.05) is 0 Å². The second-order valence-corrected chi connectivity index (χ2v) is 2.67. The number of carboxylic acid groups (broad SMARTS) is 1. The van der Waals surface area contributed by atoms with Crippen LogP contribution in [-0.2, 0) is 4.79 Å². The molecule has 0 bridgehead atoms. The lowest BCUT2D eigenvalue weighted by Gasteiger charge is -2.03. The highest BCUT2D eigenvalue weighted by molar-refractivity contribution is 5.87. The Labute approximate surface area is 67.9 Å². The third-order valence-corrected chi connectivity index (χ3v) is 1.75. The predicted molar refractivity (Wildman–Crippen MR) is 45.5 cm³/mol. The van der Waals surface area contributed by atoms with Gasteiger partial charge in [0.05, 0.1) is 0 Å². The monoisotopic (exact) mass is 156 g/mol. The minimum Gasteiger partial charge on any atom is -0.478 e. The van der Waals surface area contributed by atoms with Gasteiger partial charge >= 0.3 is 5.97 Å². The molecule has 0 aromatic carbocycles. The molecule has 0 fully saturated rings. The first-order valence-electron chi connectivity index (χ1n) is 4.05. The topological polar surface area (TPSA) is 37.3 Å². The first-order chi connectivity index (χ1) is 5.13. The van der Waals surface area contributed by atoms with E-state index >= 15 is 0 Å². The SMILES string of the molecule is CCCC(C)=C(CC)C(=O)O. The Morgan fingerprint density at radius 2 is 1.91 bits per heavy atom. The molecule has 0 aliphatic heterocycles. The van der Waals surface area contributed by atoms with Crippen molar-refractivity contribution in [3.63, 3.8) is 0 Å². The molecule has 0 amide bonds. The molecule has 0 aliphatic carbocycles. The van der Waals surface area contributed by atoms with E-state index in [1.807, 2.05) is 13.8 Å². The Morgan fingerprint density at radius 1 is 1.36 bits per heavy atom. The molecule has 0 radical (unpaired) electrons. The zero-order valence-electron chi connectivity index (χ0n) is 7.48. The van der Waals surface area contributed by atoms with Crippen LogP contribution in [-0.4, -0.2) is 11.1 Å². The summed E-state index contributed by atoms with van der Waals surface area (Å²) in [5.74, 6) is -0.765. The molecular weight excluding hydrogens is 140 g/mol. The summed E-state index contributed by atoms with van der Waals surface area (Å²) in [6.45, 7) is 5.83. The van der Waals surface area contributed by atoms with Gasteiger partial charge in [0, 0.05) is 5.57 Å². The average Bonchev–Trinajstić information content (AvgIpc) is 1.88. The normalized spacial score (nSPS) is 12.6. The van der Waals surface area contributed by atoms with E-state index in [2.05, 4.69) is 6.92 Å². The lowest BCUT2D eigenvalue weighted by Crippen LogP contribution is -2.02. The van der Waals surface area contributed by atoms with Crippen molar-refractivity contribution >= 4 is 5.97 Å². The Hall–Kier alpha value is -0.790. The van der Waals surface area contributed by atoms with Crippen LogP contribution >= 0.6 is 0 Å². The van der Waals surface area contributed by atoms with Gasteiger partial charge in [-0.1, -0.05) is 25.8 Å². The predicted octanol–water partition coefficient (Wildman–Crippen LogP) is 2.60. The summed E-state index contributed by atoms with van der Waals surface area (Å²) in [6, 6.07) is 0. The van der Waals surface area contributed by atoms with Gasteiger partial charge in [0.1, 0.15) is 0 Å². The average molecular weight is 156 g/mol. The molecular formula is C9H16O2. The molecule has 11 heavy (non-hydrogen) atoms. The molecule has 0 atom stereocenters. The second-order valence-electron chi connectivity index (χ2n) is 2.67. The van der Waals surface area contributed by atoms with E-state index in [0.717, 1.165) is 18.4 Å². The maximum atomic E-state index is 10.6. The number of aliphatic carboxylic acids is 1. The van der Waals surface area contributed by atoms with Crippen LogP contribution in [0.5, 0.6) is 0 Å². The number of carbonyl (C=O) groups is 1. The molecule has 0 spiro atoms. The summed E-state index contributed by atoms with van der Waals surface area (Å²) >= 11 is 0. The van der Waals surface area contributed by atoms with Crippen LogP contribution in [0.4, 0.5) is 0 Å². The van der Waals surface area contributed by atoms with Crippen LogP contribution < -0.4 is 0 Å². The molecule has 0 unspecified atom stereocenters. The van der Waals surface area contributed by atoms with Crippen LogP contribution in [0, 0.1) is 0 Å². The minimum atomic E-state index is -0.765. The molecule has 2 heteroatoms. The highest BCUT2D eigenvalue weighted by atomic mass is 16.4. The molecule has 2 nitrogen and oxygen atoms in total. The van der Waals surface area contributed by atoms with E-state index in [1.54, 1.807) is 0 Å². The molecule has 0 heterocycles. The standard InChI is InChI=1S/C9H16O2/c1-4-6-7(3)8(5-2)9(10)11/h4-6H2,1-3H3,(H,10,11).